The highest BCUT2D eigenvalue weighted by atomic mass is 127. The first kappa shape index (κ1) is 23.5. The standard InChI is InChI=1S/C20H28I2N2O4/c1-20(2,3)28-19(27)24-16(18(26)23-13-7-5-4-6-8-13)11-12-9-14(21)17(25)15(22)10-12/h9-10,13,16,25H,4-8,11H2,1-3H3,(H,23,26)(H,24,27)/t16-/m1/s1. The second-order valence-electron chi connectivity index (χ2n) is 8.15. The van der Waals surface area contributed by atoms with Gasteiger partial charge in [0.15, 0.2) is 0 Å². The van der Waals surface area contributed by atoms with E-state index < -0.39 is 17.7 Å². The zero-order chi connectivity index (χ0) is 20.9. The normalized spacial score (nSPS) is 16.3. The summed E-state index contributed by atoms with van der Waals surface area (Å²) < 4.78 is 6.76. The van der Waals surface area contributed by atoms with Crippen LogP contribution in [0, 0.1) is 7.14 Å². The Morgan fingerprint density at radius 3 is 2.29 bits per heavy atom. The van der Waals surface area contributed by atoms with Crippen molar-refractivity contribution in [2.24, 2.45) is 0 Å². The molecule has 0 unspecified atom stereocenters. The van der Waals surface area contributed by atoms with Crippen LogP contribution in [0.2, 0.25) is 0 Å². The number of hydrogen-bond acceptors (Lipinski definition) is 4. The van der Waals surface area contributed by atoms with Crippen LogP contribution in [0.25, 0.3) is 0 Å². The first-order valence-electron chi connectivity index (χ1n) is 9.52. The van der Waals surface area contributed by atoms with Gasteiger partial charge in [0.2, 0.25) is 5.91 Å². The van der Waals surface area contributed by atoms with Gasteiger partial charge in [-0.3, -0.25) is 4.79 Å². The predicted octanol–water partition coefficient (Wildman–Crippen LogP) is 4.49. The molecule has 0 aromatic heterocycles. The van der Waals surface area contributed by atoms with E-state index >= 15 is 0 Å². The Bertz CT molecular complexity index is 690. The van der Waals surface area contributed by atoms with Gasteiger partial charge in [-0.2, -0.15) is 0 Å². The van der Waals surface area contributed by atoms with Gasteiger partial charge in [-0.1, -0.05) is 19.3 Å². The van der Waals surface area contributed by atoms with E-state index in [1.807, 2.05) is 12.1 Å². The number of rotatable bonds is 5. The molecule has 8 heteroatoms. The van der Waals surface area contributed by atoms with Crippen LogP contribution >= 0.6 is 45.2 Å². The predicted molar refractivity (Wildman–Crippen MR) is 125 cm³/mol. The monoisotopic (exact) mass is 614 g/mol. The molecule has 1 aliphatic carbocycles. The molecule has 1 fully saturated rings. The molecule has 1 aromatic carbocycles. The summed E-state index contributed by atoms with van der Waals surface area (Å²) >= 11 is 4.12. The molecule has 2 rings (SSSR count). The van der Waals surface area contributed by atoms with Gasteiger partial charge in [0.05, 0.1) is 7.14 Å². The van der Waals surface area contributed by atoms with Gasteiger partial charge in [-0.25, -0.2) is 4.79 Å². The molecule has 3 N–H and O–H groups in total. The van der Waals surface area contributed by atoms with Gasteiger partial charge in [0, 0.05) is 12.5 Å². The lowest BCUT2D eigenvalue weighted by Gasteiger charge is -2.27. The van der Waals surface area contributed by atoms with Crippen LogP contribution in [0.1, 0.15) is 58.4 Å². The van der Waals surface area contributed by atoms with E-state index in [0.717, 1.165) is 31.2 Å². The molecular formula is C20H28I2N2O4. The molecule has 1 atom stereocenters. The Labute approximate surface area is 193 Å². The molecule has 1 saturated carbocycles. The van der Waals surface area contributed by atoms with Crippen LogP contribution in [0.3, 0.4) is 0 Å². The quantitative estimate of drug-likeness (QED) is 0.427. The number of alkyl carbamates (subject to hydrolysis) is 1. The van der Waals surface area contributed by atoms with Crippen LogP contribution in [-0.2, 0) is 16.0 Å². The van der Waals surface area contributed by atoms with E-state index in [1.54, 1.807) is 20.8 Å². The minimum Gasteiger partial charge on any atom is -0.506 e. The van der Waals surface area contributed by atoms with Crippen LogP contribution in [0.15, 0.2) is 12.1 Å². The number of carbonyl (C=O) groups is 2. The lowest BCUT2D eigenvalue weighted by atomic mass is 9.95. The average molecular weight is 614 g/mol. The van der Waals surface area contributed by atoms with E-state index in [2.05, 4.69) is 55.8 Å². The van der Waals surface area contributed by atoms with E-state index in [9.17, 15) is 14.7 Å². The fourth-order valence-corrected chi connectivity index (χ4v) is 5.08. The number of hydrogen-bond donors (Lipinski definition) is 3. The van der Waals surface area contributed by atoms with Crippen molar-refractivity contribution in [1.82, 2.24) is 10.6 Å². The number of phenols is 1. The molecule has 0 spiro atoms. The number of aromatic hydroxyl groups is 1. The third-order valence-electron chi connectivity index (χ3n) is 4.48. The summed E-state index contributed by atoms with van der Waals surface area (Å²) in [5.74, 6) is 0.0316. The smallest absolute Gasteiger partial charge is 0.408 e. The Balaban J connectivity index is 2.14. The van der Waals surface area contributed by atoms with E-state index in [0.29, 0.717) is 13.6 Å². The molecular weight excluding hydrogens is 586 g/mol. The number of phenolic OH excluding ortho intramolecular Hbond substituents is 1. The van der Waals surface area contributed by atoms with Crippen molar-refractivity contribution < 1.29 is 19.4 Å². The van der Waals surface area contributed by atoms with Crippen molar-refractivity contribution >= 4 is 57.2 Å². The number of amides is 2. The summed E-state index contributed by atoms with van der Waals surface area (Å²) in [4.78, 5) is 25.2. The molecule has 0 radical (unpaired) electrons. The van der Waals surface area contributed by atoms with E-state index in [4.69, 9.17) is 4.74 Å². The summed E-state index contributed by atoms with van der Waals surface area (Å²) in [6.07, 6.45) is 5.09. The molecule has 1 aromatic rings. The number of carbonyl (C=O) groups excluding carboxylic acids is 2. The first-order chi connectivity index (χ1) is 13.0. The summed E-state index contributed by atoms with van der Waals surface area (Å²) in [5.41, 5.74) is 0.226. The molecule has 0 heterocycles. The highest BCUT2D eigenvalue weighted by Gasteiger charge is 2.27. The van der Waals surface area contributed by atoms with Crippen molar-refractivity contribution in [3.05, 3.63) is 24.8 Å². The average Bonchev–Trinajstić information content (AvgIpc) is 2.58. The molecule has 28 heavy (non-hydrogen) atoms. The van der Waals surface area contributed by atoms with Gasteiger partial charge in [-0.05, 0) is 96.5 Å². The van der Waals surface area contributed by atoms with Crippen LogP contribution in [-0.4, -0.2) is 34.8 Å². The summed E-state index contributed by atoms with van der Waals surface area (Å²) in [6, 6.07) is 3.07. The zero-order valence-corrected chi connectivity index (χ0v) is 20.8. The maximum atomic E-state index is 12.9. The Hall–Kier alpha value is -0.780. The third-order valence-corrected chi connectivity index (χ3v) is 6.12. The van der Waals surface area contributed by atoms with Crippen molar-refractivity contribution in [2.45, 2.75) is 77.0 Å². The van der Waals surface area contributed by atoms with E-state index in [1.165, 1.54) is 6.42 Å². The molecule has 156 valence electrons. The van der Waals surface area contributed by atoms with Crippen LogP contribution in [0.4, 0.5) is 4.79 Å². The van der Waals surface area contributed by atoms with Crippen molar-refractivity contribution in [2.75, 3.05) is 0 Å². The number of nitrogens with one attached hydrogen (secondary N) is 2. The maximum absolute atomic E-state index is 12.9. The topological polar surface area (TPSA) is 87.7 Å². The van der Waals surface area contributed by atoms with Crippen LogP contribution < -0.4 is 10.6 Å². The highest BCUT2D eigenvalue weighted by Crippen LogP contribution is 2.28. The maximum Gasteiger partial charge on any atom is 0.408 e. The summed E-state index contributed by atoms with van der Waals surface area (Å²) in [6.45, 7) is 5.36. The van der Waals surface area contributed by atoms with Gasteiger partial charge in [-0.15, -0.1) is 0 Å². The number of benzene rings is 1. The summed E-state index contributed by atoms with van der Waals surface area (Å²) in [7, 11) is 0. The first-order valence-corrected chi connectivity index (χ1v) is 11.7. The zero-order valence-electron chi connectivity index (χ0n) is 16.5. The minimum absolute atomic E-state index is 0.157. The molecule has 0 saturated heterocycles. The fourth-order valence-electron chi connectivity index (χ4n) is 3.18. The number of ether oxygens (including phenoxy) is 1. The second kappa shape index (κ2) is 10.3. The summed E-state index contributed by atoms with van der Waals surface area (Å²) in [5, 5.41) is 15.8. The third kappa shape index (κ3) is 7.57. The fraction of sp³-hybridized carbons (Fsp3) is 0.600. The molecule has 6 nitrogen and oxygen atoms in total. The van der Waals surface area contributed by atoms with Crippen molar-refractivity contribution in [3.8, 4) is 5.75 Å². The highest BCUT2D eigenvalue weighted by molar-refractivity contribution is 14.1. The van der Waals surface area contributed by atoms with Crippen molar-refractivity contribution in [1.29, 1.82) is 0 Å². The Kier molecular flexibility index (Phi) is 8.65. The van der Waals surface area contributed by atoms with Crippen LogP contribution in [0.5, 0.6) is 5.75 Å². The van der Waals surface area contributed by atoms with Crippen molar-refractivity contribution in [3.63, 3.8) is 0 Å². The molecule has 0 aliphatic heterocycles. The molecule has 1 aliphatic rings. The van der Waals surface area contributed by atoms with Gasteiger partial charge >= 0.3 is 6.09 Å². The SMILES string of the molecule is CC(C)(C)OC(=O)N[C@H](Cc1cc(I)c(O)c(I)c1)C(=O)NC1CCCCC1. The molecule has 0 bridgehead atoms. The Morgan fingerprint density at radius 2 is 1.75 bits per heavy atom. The molecule has 2 amide bonds. The van der Waals surface area contributed by atoms with Gasteiger partial charge in [0.1, 0.15) is 17.4 Å². The van der Waals surface area contributed by atoms with E-state index in [-0.39, 0.29) is 17.7 Å². The lowest BCUT2D eigenvalue weighted by Crippen LogP contribution is -2.51. The van der Waals surface area contributed by atoms with Gasteiger partial charge in [0.25, 0.3) is 0 Å². The Morgan fingerprint density at radius 1 is 1.18 bits per heavy atom. The largest absolute Gasteiger partial charge is 0.506 e. The van der Waals surface area contributed by atoms with Gasteiger partial charge < -0.3 is 20.5 Å². The lowest BCUT2D eigenvalue weighted by molar-refractivity contribution is -0.124. The second-order valence-corrected chi connectivity index (χ2v) is 10.5. The number of halogens is 2. The minimum atomic E-state index is -0.743.